The van der Waals surface area contributed by atoms with Gasteiger partial charge in [-0.15, -0.1) is 0 Å². The molecule has 1 saturated heterocycles. The van der Waals surface area contributed by atoms with Gasteiger partial charge in [0, 0.05) is 17.9 Å². The first-order valence-electron chi connectivity index (χ1n) is 10.8. The standard InChI is InChI=1S/C23H37BN2O3Si/c1-21(2,3)30(8,9)27-17-20(18-13-11-10-12-14-18)26-16-19(15-25-26)24-28-22(4,5)23(6,7)29-24/h10-16,20H,17H2,1-9H3. The van der Waals surface area contributed by atoms with Crippen molar-refractivity contribution in [2.75, 3.05) is 6.61 Å². The number of hydrogen-bond donors (Lipinski definition) is 0. The fraction of sp³-hybridized carbons (Fsp3) is 0.609. The van der Waals surface area contributed by atoms with E-state index in [1.54, 1.807) is 0 Å². The van der Waals surface area contributed by atoms with Crippen LogP contribution in [0.4, 0.5) is 0 Å². The van der Waals surface area contributed by atoms with Crippen LogP contribution in [-0.4, -0.2) is 43.0 Å². The monoisotopic (exact) mass is 428 g/mol. The highest BCUT2D eigenvalue weighted by Crippen LogP contribution is 2.38. The molecule has 30 heavy (non-hydrogen) atoms. The van der Waals surface area contributed by atoms with Crippen LogP contribution in [0.2, 0.25) is 18.1 Å². The van der Waals surface area contributed by atoms with E-state index >= 15 is 0 Å². The van der Waals surface area contributed by atoms with E-state index < -0.39 is 15.4 Å². The van der Waals surface area contributed by atoms with Gasteiger partial charge in [-0.25, -0.2) is 0 Å². The molecule has 0 amide bonds. The molecule has 2 aromatic rings. The molecule has 0 spiro atoms. The summed E-state index contributed by atoms with van der Waals surface area (Å²) in [4.78, 5) is 0. The molecule has 1 unspecified atom stereocenters. The summed E-state index contributed by atoms with van der Waals surface area (Å²) in [5, 5.41) is 4.85. The number of rotatable bonds is 6. The van der Waals surface area contributed by atoms with Crippen molar-refractivity contribution >= 4 is 20.9 Å². The second kappa shape index (κ2) is 7.93. The molecule has 0 saturated carbocycles. The average Bonchev–Trinajstić information content (AvgIpc) is 3.18. The molecule has 1 aromatic carbocycles. The molecule has 0 bridgehead atoms. The number of benzene rings is 1. The van der Waals surface area contributed by atoms with Crippen molar-refractivity contribution in [3.8, 4) is 0 Å². The smallest absolute Gasteiger partial charge is 0.414 e. The predicted molar refractivity (Wildman–Crippen MR) is 126 cm³/mol. The van der Waals surface area contributed by atoms with Gasteiger partial charge in [-0.2, -0.15) is 5.10 Å². The minimum atomic E-state index is -1.88. The number of aromatic nitrogens is 2. The van der Waals surface area contributed by atoms with Gasteiger partial charge in [0.05, 0.1) is 23.9 Å². The highest BCUT2D eigenvalue weighted by atomic mass is 28.4. The fourth-order valence-corrected chi connectivity index (χ4v) is 4.14. The van der Waals surface area contributed by atoms with Crippen LogP contribution in [0, 0.1) is 0 Å². The largest absolute Gasteiger partial charge is 0.498 e. The maximum Gasteiger partial charge on any atom is 0.498 e. The molecule has 0 radical (unpaired) electrons. The lowest BCUT2D eigenvalue weighted by molar-refractivity contribution is 0.00578. The second-order valence-electron chi connectivity index (χ2n) is 10.8. The zero-order valence-electron chi connectivity index (χ0n) is 20.0. The minimum Gasteiger partial charge on any atom is -0.414 e. The van der Waals surface area contributed by atoms with E-state index in [0.717, 1.165) is 5.46 Å². The Morgan fingerprint density at radius 1 is 1.07 bits per heavy atom. The van der Waals surface area contributed by atoms with Gasteiger partial charge < -0.3 is 13.7 Å². The molecule has 5 nitrogen and oxygen atoms in total. The maximum absolute atomic E-state index is 6.58. The predicted octanol–water partition coefficient (Wildman–Crippen LogP) is 4.79. The zero-order chi connectivity index (χ0) is 22.4. The summed E-state index contributed by atoms with van der Waals surface area (Å²) in [6.45, 7) is 20.2. The first kappa shape index (κ1) is 23.3. The van der Waals surface area contributed by atoms with Gasteiger partial charge in [-0.3, -0.25) is 4.68 Å². The normalized spacial score (nSPS) is 19.8. The van der Waals surface area contributed by atoms with Crippen molar-refractivity contribution in [1.29, 1.82) is 0 Å². The average molecular weight is 428 g/mol. The molecular weight excluding hydrogens is 391 g/mol. The van der Waals surface area contributed by atoms with Crippen molar-refractivity contribution in [3.63, 3.8) is 0 Å². The SMILES string of the molecule is CC1(C)OB(c2cnn(C(CO[Si](C)(C)C(C)(C)C)c3ccccc3)c2)OC1(C)C. The molecule has 0 N–H and O–H groups in total. The van der Waals surface area contributed by atoms with Gasteiger partial charge in [-0.05, 0) is 51.4 Å². The third kappa shape index (κ3) is 4.59. The van der Waals surface area contributed by atoms with Gasteiger partial charge in [-0.1, -0.05) is 51.1 Å². The highest BCUT2D eigenvalue weighted by molar-refractivity contribution is 6.74. The van der Waals surface area contributed by atoms with Gasteiger partial charge in [0.15, 0.2) is 8.32 Å². The first-order valence-corrected chi connectivity index (χ1v) is 13.7. The Balaban J connectivity index is 1.85. The van der Waals surface area contributed by atoms with E-state index in [4.69, 9.17) is 13.7 Å². The van der Waals surface area contributed by atoms with Gasteiger partial charge in [0.25, 0.3) is 0 Å². The van der Waals surface area contributed by atoms with Crippen LogP contribution in [0.3, 0.4) is 0 Å². The Labute approximate surface area is 183 Å². The molecule has 7 heteroatoms. The Hall–Kier alpha value is -1.41. The lowest BCUT2D eigenvalue weighted by atomic mass is 9.82. The summed E-state index contributed by atoms with van der Waals surface area (Å²) < 4.78 is 21.0. The van der Waals surface area contributed by atoms with Crippen LogP contribution in [0.1, 0.15) is 60.1 Å². The zero-order valence-corrected chi connectivity index (χ0v) is 21.0. The van der Waals surface area contributed by atoms with E-state index in [1.165, 1.54) is 5.56 Å². The second-order valence-corrected chi connectivity index (χ2v) is 15.6. The topological polar surface area (TPSA) is 45.5 Å². The van der Waals surface area contributed by atoms with E-state index in [0.29, 0.717) is 6.61 Å². The van der Waals surface area contributed by atoms with Crippen molar-refractivity contribution in [2.24, 2.45) is 0 Å². The molecule has 1 fully saturated rings. The summed E-state index contributed by atoms with van der Waals surface area (Å²) in [5.41, 5.74) is 1.37. The molecule has 2 heterocycles. The third-order valence-electron chi connectivity index (χ3n) is 7.06. The van der Waals surface area contributed by atoms with Crippen molar-refractivity contribution in [3.05, 3.63) is 48.3 Å². The van der Waals surface area contributed by atoms with E-state index in [1.807, 2.05) is 23.1 Å². The Morgan fingerprint density at radius 3 is 2.17 bits per heavy atom. The molecule has 0 aliphatic carbocycles. The highest BCUT2D eigenvalue weighted by Gasteiger charge is 2.52. The quantitative estimate of drug-likeness (QED) is 0.621. The number of nitrogens with zero attached hydrogens (tertiary/aromatic N) is 2. The fourth-order valence-electron chi connectivity index (χ4n) is 3.13. The summed E-state index contributed by atoms with van der Waals surface area (Å²) in [7, 11) is -2.30. The summed E-state index contributed by atoms with van der Waals surface area (Å²) in [6.07, 6.45) is 3.89. The Morgan fingerprint density at radius 2 is 1.63 bits per heavy atom. The van der Waals surface area contributed by atoms with Crippen LogP contribution in [0.15, 0.2) is 42.7 Å². The van der Waals surface area contributed by atoms with Crippen LogP contribution >= 0.6 is 0 Å². The lowest BCUT2D eigenvalue weighted by Crippen LogP contribution is -2.42. The molecule has 3 rings (SSSR count). The van der Waals surface area contributed by atoms with Crippen molar-refractivity contribution < 1.29 is 13.7 Å². The summed E-state index contributed by atoms with van der Waals surface area (Å²) >= 11 is 0. The maximum atomic E-state index is 6.58. The molecule has 1 aliphatic rings. The van der Waals surface area contributed by atoms with Crippen LogP contribution in [-0.2, 0) is 13.7 Å². The van der Waals surface area contributed by atoms with Gasteiger partial charge in [0.2, 0.25) is 0 Å². The first-order chi connectivity index (χ1) is 13.7. The van der Waals surface area contributed by atoms with E-state index in [2.05, 4.69) is 90.9 Å². The third-order valence-corrected chi connectivity index (χ3v) is 11.6. The molecule has 1 aliphatic heterocycles. The Kier molecular flexibility index (Phi) is 6.15. The van der Waals surface area contributed by atoms with E-state index in [9.17, 15) is 0 Å². The van der Waals surface area contributed by atoms with Crippen LogP contribution in [0.5, 0.6) is 0 Å². The van der Waals surface area contributed by atoms with Crippen molar-refractivity contribution in [1.82, 2.24) is 9.78 Å². The van der Waals surface area contributed by atoms with Crippen LogP contribution < -0.4 is 5.46 Å². The van der Waals surface area contributed by atoms with E-state index in [-0.39, 0.29) is 22.3 Å². The van der Waals surface area contributed by atoms with Crippen LogP contribution in [0.25, 0.3) is 0 Å². The Bertz CT molecular complexity index is 843. The number of hydrogen-bond acceptors (Lipinski definition) is 4. The lowest BCUT2D eigenvalue weighted by Gasteiger charge is -2.37. The molecule has 1 aromatic heterocycles. The molecule has 164 valence electrons. The molecule has 1 atom stereocenters. The van der Waals surface area contributed by atoms with Gasteiger partial charge in [0.1, 0.15) is 0 Å². The summed E-state index contributed by atoms with van der Waals surface area (Å²) in [5.74, 6) is 0. The van der Waals surface area contributed by atoms with Crippen molar-refractivity contribution in [2.45, 2.75) is 83.8 Å². The minimum absolute atomic E-state index is 0.00324. The summed E-state index contributed by atoms with van der Waals surface area (Å²) in [6, 6.07) is 10.4. The molecular formula is C23H37BN2O3Si. The van der Waals surface area contributed by atoms with Gasteiger partial charge >= 0.3 is 7.12 Å².